The van der Waals surface area contributed by atoms with Gasteiger partial charge in [0, 0.05) is 11.1 Å². The second kappa shape index (κ2) is 5.04. The predicted octanol–water partition coefficient (Wildman–Crippen LogP) is 3.97. The van der Waals surface area contributed by atoms with Crippen LogP contribution in [0.15, 0.2) is 36.4 Å². The lowest BCUT2D eigenvalue weighted by atomic mass is 9.98. The van der Waals surface area contributed by atoms with E-state index in [-0.39, 0.29) is 0 Å². The van der Waals surface area contributed by atoms with Crippen molar-refractivity contribution in [2.75, 3.05) is 0 Å². The van der Waals surface area contributed by atoms with Crippen molar-refractivity contribution in [2.24, 2.45) is 5.73 Å². The van der Waals surface area contributed by atoms with E-state index in [2.05, 4.69) is 0 Å². The first-order chi connectivity index (χ1) is 8.47. The molecular weight excluding hydrogens is 256 g/mol. The maximum atomic E-state index is 13.1. The fourth-order valence-corrected chi connectivity index (χ4v) is 1.94. The van der Waals surface area contributed by atoms with Crippen molar-refractivity contribution in [1.82, 2.24) is 0 Å². The third-order valence-corrected chi connectivity index (χ3v) is 3.21. The first-order valence-electron chi connectivity index (χ1n) is 5.45. The summed E-state index contributed by atoms with van der Waals surface area (Å²) in [5.41, 5.74) is 8.01. The summed E-state index contributed by atoms with van der Waals surface area (Å²) in [6, 6.07) is 8.00. The summed E-state index contributed by atoms with van der Waals surface area (Å²) in [6.07, 6.45) is 0. The van der Waals surface area contributed by atoms with Crippen LogP contribution in [0.5, 0.6) is 0 Å². The summed E-state index contributed by atoms with van der Waals surface area (Å²) in [5.74, 6) is -1.28. The van der Waals surface area contributed by atoms with Gasteiger partial charge >= 0.3 is 0 Å². The molecule has 0 saturated carbocycles. The van der Waals surface area contributed by atoms with Crippen molar-refractivity contribution in [3.8, 4) is 0 Å². The summed E-state index contributed by atoms with van der Waals surface area (Å²) >= 11 is 6.00. The van der Waals surface area contributed by atoms with Gasteiger partial charge in [0.15, 0.2) is 0 Å². The Bertz CT molecular complexity index is 564. The van der Waals surface area contributed by atoms with E-state index in [9.17, 15) is 8.78 Å². The van der Waals surface area contributed by atoms with E-state index in [0.717, 1.165) is 17.2 Å². The topological polar surface area (TPSA) is 26.0 Å². The minimum absolute atomic E-state index is 0.382. The summed E-state index contributed by atoms with van der Waals surface area (Å²) in [5, 5.41) is 0.583. The summed E-state index contributed by atoms with van der Waals surface area (Å²) in [7, 11) is 0. The second-order valence-corrected chi connectivity index (χ2v) is 4.60. The molecule has 2 aromatic rings. The number of rotatable bonds is 2. The second-order valence-electron chi connectivity index (χ2n) is 4.19. The minimum Gasteiger partial charge on any atom is -0.320 e. The van der Waals surface area contributed by atoms with Crippen LogP contribution in [0.2, 0.25) is 5.02 Å². The maximum absolute atomic E-state index is 13.1. The molecule has 0 aliphatic heterocycles. The molecule has 0 heterocycles. The Morgan fingerprint density at radius 1 is 1.00 bits per heavy atom. The van der Waals surface area contributed by atoms with E-state index in [1.165, 1.54) is 12.1 Å². The van der Waals surface area contributed by atoms with Crippen LogP contribution in [-0.4, -0.2) is 0 Å². The van der Waals surface area contributed by atoms with Crippen LogP contribution in [0.4, 0.5) is 8.78 Å². The quantitative estimate of drug-likeness (QED) is 0.875. The summed E-state index contributed by atoms with van der Waals surface area (Å²) in [6.45, 7) is 1.87. The Kier molecular flexibility index (Phi) is 3.64. The van der Waals surface area contributed by atoms with Crippen LogP contribution in [0, 0.1) is 18.6 Å². The average Bonchev–Trinajstić information content (AvgIpc) is 2.30. The largest absolute Gasteiger partial charge is 0.320 e. The standard InChI is InChI=1S/C14H12ClF2N/c1-8-2-3-9(6-13(8)15)14(18)10-4-11(16)7-12(17)5-10/h2-7,14H,18H2,1H3. The Labute approximate surface area is 109 Å². The predicted molar refractivity (Wildman–Crippen MR) is 68.6 cm³/mol. The molecule has 2 aromatic carbocycles. The van der Waals surface area contributed by atoms with Gasteiger partial charge in [-0.3, -0.25) is 0 Å². The summed E-state index contributed by atoms with van der Waals surface area (Å²) < 4.78 is 26.3. The maximum Gasteiger partial charge on any atom is 0.126 e. The molecule has 0 spiro atoms. The van der Waals surface area contributed by atoms with Gasteiger partial charge in [-0.2, -0.15) is 0 Å². The van der Waals surface area contributed by atoms with Gasteiger partial charge in [-0.15, -0.1) is 0 Å². The smallest absolute Gasteiger partial charge is 0.126 e. The molecule has 0 amide bonds. The van der Waals surface area contributed by atoms with Gasteiger partial charge in [-0.05, 0) is 41.8 Å². The Morgan fingerprint density at radius 3 is 2.17 bits per heavy atom. The van der Waals surface area contributed by atoms with Crippen molar-refractivity contribution < 1.29 is 8.78 Å². The molecular formula is C14H12ClF2N. The van der Waals surface area contributed by atoms with Crippen molar-refractivity contribution >= 4 is 11.6 Å². The molecule has 18 heavy (non-hydrogen) atoms. The van der Waals surface area contributed by atoms with Gasteiger partial charge in [0.05, 0.1) is 6.04 Å². The Hall–Kier alpha value is -1.45. The van der Waals surface area contributed by atoms with E-state index in [4.69, 9.17) is 17.3 Å². The molecule has 0 bridgehead atoms. The van der Waals surface area contributed by atoms with Crippen LogP contribution >= 0.6 is 11.6 Å². The highest BCUT2D eigenvalue weighted by Crippen LogP contribution is 2.25. The zero-order valence-electron chi connectivity index (χ0n) is 9.75. The lowest BCUT2D eigenvalue weighted by molar-refractivity contribution is 0.577. The first kappa shape index (κ1) is 13.0. The molecule has 0 aromatic heterocycles. The van der Waals surface area contributed by atoms with Crippen LogP contribution in [0.25, 0.3) is 0 Å². The van der Waals surface area contributed by atoms with Crippen LogP contribution < -0.4 is 5.73 Å². The van der Waals surface area contributed by atoms with Gasteiger partial charge in [0.1, 0.15) is 11.6 Å². The molecule has 1 nitrogen and oxygen atoms in total. The number of nitrogens with two attached hydrogens (primary N) is 1. The molecule has 0 aliphatic carbocycles. The van der Waals surface area contributed by atoms with Crippen molar-refractivity contribution in [1.29, 1.82) is 0 Å². The Morgan fingerprint density at radius 2 is 1.61 bits per heavy atom. The highest BCUT2D eigenvalue weighted by Gasteiger charge is 2.12. The molecule has 0 fully saturated rings. The van der Waals surface area contributed by atoms with Gasteiger partial charge in [-0.25, -0.2) is 8.78 Å². The lowest BCUT2D eigenvalue weighted by Crippen LogP contribution is -2.12. The number of hydrogen-bond donors (Lipinski definition) is 1. The number of halogens is 3. The molecule has 0 saturated heterocycles. The SMILES string of the molecule is Cc1ccc(C(N)c2cc(F)cc(F)c2)cc1Cl. The van der Waals surface area contributed by atoms with E-state index in [1.807, 2.05) is 13.0 Å². The fourth-order valence-electron chi connectivity index (χ4n) is 1.75. The average molecular weight is 268 g/mol. The molecule has 2 N–H and O–H groups in total. The molecule has 4 heteroatoms. The van der Waals surface area contributed by atoms with Crippen molar-refractivity contribution in [2.45, 2.75) is 13.0 Å². The highest BCUT2D eigenvalue weighted by atomic mass is 35.5. The number of hydrogen-bond acceptors (Lipinski definition) is 1. The molecule has 1 unspecified atom stereocenters. The third kappa shape index (κ3) is 2.68. The van der Waals surface area contributed by atoms with Crippen LogP contribution in [-0.2, 0) is 0 Å². The highest BCUT2D eigenvalue weighted by molar-refractivity contribution is 6.31. The molecule has 2 rings (SSSR count). The fraction of sp³-hybridized carbons (Fsp3) is 0.143. The molecule has 0 radical (unpaired) electrons. The van der Waals surface area contributed by atoms with Crippen molar-refractivity contribution in [3.05, 3.63) is 69.7 Å². The normalized spacial score (nSPS) is 12.5. The third-order valence-electron chi connectivity index (χ3n) is 2.80. The zero-order valence-corrected chi connectivity index (χ0v) is 10.5. The Balaban J connectivity index is 2.40. The molecule has 94 valence electrons. The monoisotopic (exact) mass is 267 g/mol. The van der Waals surface area contributed by atoms with Crippen LogP contribution in [0.3, 0.4) is 0 Å². The van der Waals surface area contributed by atoms with Gasteiger partial charge < -0.3 is 5.73 Å². The first-order valence-corrected chi connectivity index (χ1v) is 5.83. The van der Waals surface area contributed by atoms with Gasteiger partial charge in [-0.1, -0.05) is 23.7 Å². The molecule has 0 aliphatic rings. The number of benzene rings is 2. The van der Waals surface area contributed by atoms with Gasteiger partial charge in [0.2, 0.25) is 0 Å². The van der Waals surface area contributed by atoms with Crippen molar-refractivity contribution in [3.63, 3.8) is 0 Å². The van der Waals surface area contributed by atoms with E-state index < -0.39 is 17.7 Å². The molecule has 1 atom stereocenters. The zero-order chi connectivity index (χ0) is 13.3. The van der Waals surface area contributed by atoms with E-state index in [1.54, 1.807) is 12.1 Å². The van der Waals surface area contributed by atoms with Gasteiger partial charge in [0.25, 0.3) is 0 Å². The van der Waals surface area contributed by atoms with Crippen LogP contribution in [0.1, 0.15) is 22.7 Å². The lowest BCUT2D eigenvalue weighted by Gasteiger charge is -2.14. The van der Waals surface area contributed by atoms with E-state index in [0.29, 0.717) is 10.6 Å². The van der Waals surface area contributed by atoms with E-state index >= 15 is 0 Å². The minimum atomic E-state index is -0.640. The number of aryl methyl sites for hydroxylation is 1. The summed E-state index contributed by atoms with van der Waals surface area (Å²) in [4.78, 5) is 0.